The van der Waals surface area contributed by atoms with Crippen molar-refractivity contribution in [3.63, 3.8) is 0 Å². The first-order valence-electron chi connectivity index (χ1n) is 6.14. The Morgan fingerprint density at radius 1 is 1.27 bits per heavy atom. The van der Waals surface area contributed by atoms with E-state index in [1.165, 1.54) is 0 Å². The molecule has 0 saturated carbocycles. The van der Waals surface area contributed by atoms with Gasteiger partial charge >= 0.3 is 0 Å². The molecule has 2 amide bonds. The molecule has 0 aliphatic carbocycles. The molecule has 0 bridgehead atoms. The topological polar surface area (TPSA) is 144 Å². The third-order valence-corrected chi connectivity index (χ3v) is 3.45. The third kappa shape index (κ3) is 3.85. The Balaban J connectivity index is 2.20. The molecule has 0 spiro atoms. The van der Waals surface area contributed by atoms with E-state index in [0.29, 0.717) is 5.56 Å². The van der Waals surface area contributed by atoms with E-state index in [-0.39, 0.29) is 22.4 Å². The maximum absolute atomic E-state index is 12.0. The number of carbonyl (C=O) groups excluding carboxylic acids is 2. The number of anilines is 2. The standard InChI is InChI=1S/C13H13N5O3S/c14-8(19)6-22-13-17-10(15)9(12(21)18-13)16-11(20)7-4-2-1-3-5-7/h1-5H,6H2,(H2,14,19)(H,16,20)(H3,15,17,18,21). The first kappa shape index (κ1) is 15.6. The molecule has 0 radical (unpaired) electrons. The Morgan fingerprint density at radius 2 is 1.95 bits per heavy atom. The molecule has 114 valence electrons. The highest BCUT2D eigenvalue weighted by Crippen LogP contribution is 2.16. The number of nitrogens with two attached hydrogens (primary N) is 2. The third-order valence-electron chi connectivity index (χ3n) is 2.55. The maximum atomic E-state index is 12.0. The number of thioether (sulfide) groups is 1. The van der Waals surface area contributed by atoms with Gasteiger partial charge < -0.3 is 16.8 Å². The van der Waals surface area contributed by atoms with Crippen molar-refractivity contribution in [1.29, 1.82) is 0 Å². The van der Waals surface area contributed by atoms with Crippen LogP contribution in [0.25, 0.3) is 0 Å². The fraction of sp³-hybridized carbons (Fsp3) is 0.0769. The zero-order valence-corrected chi connectivity index (χ0v) is 12.1. The number of nitrogens with zero attached hydrogens (tertiary/aromatic N) is 1. The Hall–Kier alpha value is -2.81. The van der Waals surface area contributed by atoms with Gasteiger partial charge in [0.2, 0.25) is 5.91 Å². The van der Waals surface area contributed by atoms with Crippen LogP contribution >= 0.6 is 11.8 Å². The normalized spacial score (nSPS) is 10.2. The summed E-state index contributed by atoms with van der Waals surface area (Å²) in [5.74, 6) is -1.21. The summed E-state index contributed by atoms with van der Waals surface area (Å²) in [7, 11) is 0. The second-order valence-corrected chi connectivity index (χ2v) is 5.17. The number of H-pyrrole nitrogens is 1. The van der Waals surface area contributed by atoms with Crippen LogP contribution in [0.1, 0.15) is 10.4 Å². The monoisotopic (exact) mass is 319 g/mol. The van der Waals surface area contributed by atoms with Crippen LogP contribution in [0.5, 0.6) is 0 Å². The number of nitrogens with one attached hydrogen (secondary N) is 2. The second kappa shape index (κ2) is 6.76. The number of aromatic amines is 1. The van der Waals surface area contributed by atoms with Gasteiger partial charge in [-0.2, -0.15) is 0 Å². The quantitative estimate of drug-likeness (QED) is 0.457. The van der Waals surface area contributed by atoms with Crippen LogP contribution in [0.4, 0.5) is 11.5 Å². The fourth-order valence-electron chi connectivity index (χ4n) is 1.57. The molecule has 0 atom stereocenters. The van der Waals surface area contributed by atoms with E-state index in [9.17, 15) is 14.4 Å². The molecule has 2 aromatic rings. The zero-order chi connectivity index (χ0) is 16.1. The summed E-state index contributed by atoms with van der Waals surface area (Å²) in [5.41, 5.74) is 10.3. The summed E-state index contributed by atoms with van der Waals surface area (Å²) >= 11 is 0.947. The molecule has 0 aliphatic heterocycles. The number of benzene rings is 1. The number of rotatable bonds is 5. The summed E-state index contributed by atoms with van der Waals surface area (Å²) < 4.78 is 0. The van der Waals surface area contributed by atoms with Gasteiger partial charge in [-0.1, -0.05) is 30.0 Å². The molecule has 1 aromatic heterocycles. The highest BCUT2D eigenvalue weighted by atomic mass is 32.2. The van der Waals surface area contributed by atoms with Gasteiger partial charge in [-0.15, -0.1) is 0 Å². The minimum Gasteiger partial charge on any atom is -0.382 e. The van der Waals surface area contributed by atoms with E-state index in [4.69, 9.17) is 11.5 Å². The van der Waals surface area contributed by atoms with Crippen LogP contribution in [0.15, 0.2) is 40.3 Å². The summed E-state index contributed by atoms with van der Waals surface area (Å²) in [4.78, 5) is 41.0. The average Bonchev–Trinajstić information content (AvgIpc) is 2.49. The fourth-order valence-corrected chi connectivity index (χ4v) is 2.18. The van der Waals surface area contributed by atoms with Gasteiger partial charge in [0.05, 0.1) is 5.75 Å². The molecule has 22 heavy (non-hydrogen) atoms. The largest absolute Gasteiger partial charge is 0.382 e. The van der Waals surface area contributed by atoms with Crippen molar-refractivity contribution in [2.75, 3.05) is 16.8 Å². The van der Waals surface area contributed by atoms with Gasteiger partial charge in [-0.3, -0.25) is 19.4 Å². The van der Waals surface area contributed by atoms with E-state index in [1.807, 2.05) is 0 Å². The highest BCUT2D eigenvalue weighted by Gasteiger charge is 2.14. The van der Waals surface area contributed by atoms with Gasteiger partial charge in [-0.25, -0.2) is 4.98 Å². The lowest BCUT2D eigenvalue weighted by molar-refractivity contribution is -0.115. The summed E-state index contributed by atoms with van der Waals surface area (Å²) in [6.07, 6.45) is 0. The average molecular weight is 319 g/mol. The Morgan fingerprint density at radius 3 is 2.55 bits per heavy atom. The lowest BCUT2D eigenvalue weighted by atomic mass is 10.2. The molecule has 2 rings (SSSR count). The zero-order valence-electron chi connectivity index (χ0n) is 11.3. The van der Waals surface area contributed by atoms with E-state index < -0.39 is 17.4 Å². The van der Waals surface area contributed by atoms with E-state index in [1.54, 1.807) is 30.3 Å². The molecule has 8 nitrogen and oxygen atoms in total. The SMILES string of the molecule is NC(=O)CSc1nc(N)c(NC(=O)c2ccccc2)c(=O)[nH]1. The Kier molecular flexibility index (Phi) is 4.79. The highest BCUT2D eigenvalue weighted by molar-refractivity contribution is 7.99. The molecule has 0 fully saturated rings. The van der Waals surface area contributed by atoms with Gasteiger partial charge in [0.25, 0.3) is 11.5 Å². The van der Waals surface area contributed by atoms with Crippen LogP contribution < -0.4 is 22.3 Å². The minimum atomic E-state index is -0.608. The van der Waals surface area contributed by atoms with E-state index >= 15 is 0 Å². The summed E-state index contributed by atoms with van der Waals surface area (Å²) in [5, 5.41) is 2.57. The second-order valence-electron chi connectivity index (χ2n) is 4.21. The van der Waals surface area contributed by atoms with Crippen LogP contribution in [0, 0.1) is 0 Å². The molecule has 1 heterocycles. The number of nitrogen functional groups attached to an aromatic ring is 1. The van der Waals surface area contributed by atoms with Crippen molar-refractivity contribution in [3.05, 3.63) is 46.2 Å². The molecule has 6 N–H and O–H groups in total. The lowest BCUT2D eigenvalue weighted by Crippen LogP contribution is -2.23. The summed E-state index contributed by atoms with van der Waals surface area (Å²) in [6.45, 7) is 0. The molecular weight excluding hydrogens is 306 g/mol. The van der Waals surface area contributed by atoms with Crippen molar-refractivity contribution in [1.82, 2.24) is 9.97 Å². The first-order chi connectivity index (χ1) is 10.5. The summed E-state index contributed by atoms with van der Waals surface area (Å²) in [6, 6.07) is 8.37. The van der Waals surface area contributed by atoms with Crippen LogP contribution in [-0.4, -0.2) is 27.5 Å². The van der Waals surface area contributed by atoms with Crippen molar-refractivity contribution in [3.8, 4) is 0 Å². The van der Waals surface area contributed by atoms with Gasteiger partial charge in [-0.05, 0) is 12.1 Å². The minimum absolute atomic E-state index is 0.0436. The molecule has 0 saturated heterocycles. The van der Waals surface area contributed by atoms with Gasteiger partial charge in [0, 0.05) is 5.56 Å². The molecule has 9 heteroatoms. The smallest absolute Gasteiger partial charge is 0.277 e. The van der Waals surface area contributed by atoms with Crippen LogP contribution in [0.2, 0.25) is 0 Å². The molecular formula is C13H13N5O3S. The van der Waals surface area contributed by atoms with E-state index in [0.717, 1.165) is 11.8 Å². The number of carbonyl (C=O) groups is 2. The van der Waals surface area contributed by atoms with Crippen molar-refractivity contribution >= 4 is 35.1 Å². The number of aromatic nitrogens is 2. The van der Waals surface area contributed by atoms with Gasteiger partial charge in [0.15, 0.2) is 11.0 Å². The van der Waals surface area contributed by atoms with Crippen molar-refractivity contribution < 1.29 is 9.59 Å². The number of hydrogen-bond acceptors (Lipinski definition) is 6. The predicted molar refractivity (Wildman–Crippen MR) is 83.6 cm³/mol. The molecule has 0 unspecified atom stereocenters. The Bertz CT molecular complexity index is 760. The van der Waals surface area contributed by atoms with Crippen molar-refractivity contribution in [2.24, 2.45) is 5.73 Å². The number of primary amides is 1. The number of hydrogen-bond donors (Lipinski definition) is 4. The van der Waals surface area contributed by atoms with Crippen molar-refractivity contribution in [2.45, 2.75) is 5.16 Å². The van der Waals surface area contributed by atoms with E-state index in [2.05, 4.69) is 15.3 Å². The molecule has 1 aromatic carbocycles. The molecule has 0 aliphatic rings. The van der Waals surface area contributed by atoms with Crippen LogP contribution in [0.3, 0.4) is 0 Å². The number of amides is 2. The maximum Gasteiger partial charge on any atom is 0.277 e. The van der Waals surface area contributed by atoms with Crippen LogP contribution in [-0.2, 0) is 4.79 Å². The first-order valence-corrected chi connectivity index (χ1v) is 7.13. The van der Waals surface area contributed by atoms with Gasteiger partial charge in [0.1, 0.15) is 5.69 Å². The Labute approximate surface area is 129 Å². The predicted octanol–water partition coefficient (Wildman–Crippen LogP) is 0.182. The lowest BCUT2D eigenvalue weighted by Gasteiger charge is -2.08.